The molecule has 2 aromatic rings. The van der Waals surface area contributed by atoms with Crippen molar-refractivity contribution in [1.29, 1.82) is 0 Å². The van der Waals surface area contributed by atoms with E-state index in [4.69, 9.17) is 0 Å². The third kappa shape index (κ3) is 2.79. The number of carboxylic acid groups (broad SMARTS) is 1. The number of rotatable bonds is 4. The van der Waals surface area contributed by atoms with Crippen LogP contribution in [0.4, 0.5) is 0 Å². The van der Waals surface area contributed by atoms with E-state index < -0.39 is 17.3 Å². The second-order valence-corrected chi connectivity index (χ2v) is 6.46. The van der Waals surface area contributed by atoms with E-state index in [0.29, 0.717) is 19.6 Å². The summed E-state index contributed by atoms with van der Waals surface area (Å²) in [5.41, 5.74) is 0.889. The van der Waals surface area contributed by atoms with E-state index in [0.717, 1.165) is 11.3 Å². The van der Waals surface area contributed by atoms with Crippen LogP contribution in [0.5, 0.6) is 0 Å². The predicted molar refractivity (Wildman–Crippen MR) is 92.7 cm³/mol. The molecular formula is C17H19ClN4O3. The Labute approximate surface area is 151 Å². The number of nitrogens with zero attached hydrogens (tertiary/aromatic N) is 3. The highest BCUT2D eigenvalue weighted by Gasteiger charge is 2.59. The van der Waals surface area contributed by atoms with Gasteiger partial charge in [-0.05, 0) is 23.8 Å². The third-order valence-electron chi connectivity index (χ3n) is 5.02. The Hall–Kier alpha value is -2.38. The second kappa shape index (κ2) is 6.50. The summed E-state index contributed by atoms with van der Waals surface area (Å²) < 4.78 is 1.76. The zero-order chi connectivity index (χ0) is 16.7. The number of likely N-dealkylation sites (tertiary alicyclic amines) is 1. The van der Waals surface area contributed by atoms with Crippen LogP contribution in [-0.4, -0.2) is 51.3 Å². The van der Waals surface area contributed by atoms with Crippen molar-refractivity contribution in [1.82, 2.24) is 20.0 Å². The molecule has 7 nitrogen and oxygen atoms in total. The predicted octanol–water partition coefficient (Wildman–Crippen LogP) is 0.927. The van der Waals surface area contributed by atoms with Gasteiger partial charge in [0, 0.05) is 38.6 Å². The molecule has 3 heterocycles. The Morgan fingerprint density at radius 2 is 2.24 bits per heavy atom. The van der Waals surface area contributed by atoms with Crippen molar-refractivity contribution >= 4 is 24.3 Å². The summed E-state index contributed by atoms with van der Waals surface area (Å²) in [6.45, 7) is 1.46. The number of carboxylic acids is 1. The smallest absolute Gasteiger partial charge is 0.313 e. The Morgan fingerprint density at radius 1 is 1.40 bits per heavy atom. The van der Waals surface area contributed by atoms with E-state index in [1.807, 2.05) is 36.5 Å². The molecule has 4 rings (SSSR count). The largest absolute Gasteiger partial charge is 0.481 e. The van der Waals surface area contributed by atoms with Crippen LogP contribution in [0.1, 0.15) is 5.56 Å². The average Bonchev–Trinajstić information content (AvgIpc) is 3.27. The monoisotopic (exact) mass is 362 g/mol. The van der Waals surface area contributed by atoms with Gasteiger partial charge in [0.25, 0.3) is 0 Å². The number of hydrogen-bond acceptors (Lipinski definition) is 4. The molecule has 1 amide bonds. The molecule has 0 saturated carbocycles. The SMILES string of the molecule is Cl.O=C1[C@@H]2CNC[C@]2(C(=O)O)CN1Cc1cccc(-n2cccn2)c1. The van der Waals surface area contributed by atoms with Crippen LogP contribution in [0.25, 0.3) is 5.69 Å². The van der Waals surface area contributed by atoms with Crippen LogP contribution in [-0.2, 0) is 16.1 Å². The van der Waals surface area contributed by atoms with Gasteiger partial charge in [-0.15, -0.1) is 12.4 Å². The van der Waals surface area contributed by atoms with Crippen molar-refractivity contribution < 1.29 is 14.7 Å². The van der Waals surface area contributed by atoms with Gasteiger partial charge in [0.2, 0.25) is 5.91 Å². The first-order valence-electron chi connectivity index (χ1n) is 7.92. The highest BCUT2D eigenvalue weighted by atomic mass is 35.5. The van der Waals surface area contributed by atoms with Crippen molar-refractivity contribution in [3.63, 3.8) is 0 Å². The molecule has 0 spiro atoms. The molecule has 25 heavy (non-hydrogen) atoms. The molecule has 0 bridgehead atoms. The molecule has 1 aromatic heterocycles. The molecule has 2 fully saturated rings. The minimum atomic E-state index is -0.989. The van der Waals surface area contributed by atoms with E-state index in [1.165, 1.54) is 0 Å². The maximum atomic E-state index is 12.6. The molecule has 2 aliphatic rings. The van der Waals surface area contributed by atoms with Crippen LogP contribution < -0.4 is 5.32 Å². The van der Waals surface area contributed by atoms with Gasteiger partial charge in [0.05, 0.1) is 11.6 Å². The molecule has 2 N–H and O–H groups in total. The van der Waals surface area contributed by atoms with Gasteiger partial charge >= 0.3 is 5.97 Å². The number of carbonyl (C=O) groups is 2. The lowest BCUT2D eigenvalue weighted by Crippen LogP contribution is -2.40. The average molecular weight is 363 g/mol. The summed E-state index contributed by atoms with van der Waals surface area (Å²) in [5, 5.41) is 16.9. The molecule has 0 aliphatic carbocycles. The van der Waals surface area contributed by atoms with E-state index in [9.17, 15) is 14.7 Å². The number of hydrogen-bond donors (Lipinski definition) is 2. The zero-order valence-corrected chi connectivity index (χ0v) is 14.3. The third-order valence-corrected chi connectivity index (χ3v) is 5.02. The summed E-state index contributed by atoms with van der Waals surface area (Å²) in [7, 11) is 0. The molecular weight excluding hydrogens is 344 g/mol. The van der Waals surface area contributed by atoms with Crippen molar-refractivity contribution in [3.8, 4) is 5.69 Å². The Balaban J connectivity index is 0.00000182. The lowest BCUT2D eigenvalue weighted by molar-refractivity contribution is -0.149. The first-order chi connectivity index (χ1) is 11.6. The quantitative estimate of drug-likeness (QED) is 0.844. The number of aliphatic carboxylic acids is 1. The second-order valence-electron chi connectivity index (χ2n) is 6.46. The fourth-order valence-electron chi connectivity index (χ4n) is 3.75. The summed E-state index contributed by atoms with van der Waals surface area (Å²) in [4.78, 5) is 26.0. The molecule has 0 unspecified atom stereocenters. The lowest BCUT2D eigenvalue weighted by atomic mass is 9.81. The summed E-state index contributed by atoms with van der Waals surface area (Å²) >= 11 is 0. The molecule has 2 aliphatic heterocycles. The van der Waals surface area contributed by atoms with Gasteiger partial charge in [0.1, 0.15) is 5.41 Å². The molecule has 0 radical (unpaired) electrons. The van der Waals surface area contributed by atoms with E-state index >= 15 is 0 Å². The Kier molecular flexibility index (Phi) is 4.53. The molecule has 1 aromatic carbocycles. The Morgan fingerprint density at radius 3 is 2.92 bits per heavy atom. The summed E-state index contributed by atoms with van der Waals surface area (Å²) in [6, 6.07) is 9.63. The number of benzene rings is 1. The van der Waals surface area contributed by atoms with Gasteiger partial charge in [0.15, 0.2) is 0 Å². The van der Waals surface area contributed by atoms with Crippen molar-refractivity contribution in [2.24, 2.45) is 11.3 Å². The number of aromatic nitrogens is 2. The van der Waals surface area contributed by atoms with Crippen LogP contribution in [0, 0.1) is 11.3 Å². The van der Waals surface area contributed by atoms with Crippen molar-refractivity contribution in [3.05, 3.63) is 48.3 Å². The lowest BCUT2D eigenvalue weighted by Gasteiger charge is -2.22. The fraction of sp³-hybridized carbons (Fsp3) is 0.353. The highest BCUT2D eigenvalue weighted by molar-refractivity contribution is 5.92. The highest BCUT2D eigenvalue weighted by Crippen LogP contribution is 2.40. The van der Waals surface area contributed by atoms with Gasteiger partial charge < -0.3 is 15.3 Å². The van der Waals surface area contributed by atoms with E-state index in [2.05, 4.69) is 10.4 Å². The first-order valence-corrected chi connectivity index (χ1v) is 7.92. The molecule has 132 valence electrons. The molecule has 2 atom stereocenters. The molecule has 2 saturated heterocycles. The zero-order valence-electron chi connectivity index (χ0n) is 13.5. The Bertz CT molecular complexity index is 795. The van der Waals surface area contributed by atoms with E-state index in [1.54, 1.807) is 15.8 Å². The maximum Gasteiger partial charge on any atom is 0.313 e. The summed E-state index contributed by atoms with van der Waals surface area (Å²) in [5.74, 6) is -1.44. The van der Waals surface area contributed by atoms with Crippen molar-refractivity contribution in [2.75, 3.05) is 19.6 Å². The van der Waals surface area contributed by atoms with Gasteiger partial charge in [-0.3, -0.25) is 9.59 Å². The fourth-order valence-corrected chi connectivity index (χ4v) is 3.75. The minimum Gasteiger partial charge on any atom is -0.481 e. The number of fused-ring (bicyclic) bond motifs is 1. The maximum absolute atomic E-state index is 12.6. The topological polar surface area (TPSA) is 87.5 Å². The van der Waals surface area contributed by atoms with Crippen LogP contribution >= 0.6 is 12.4 Å². The van der Waals surface area contributed by atoms with Crippen LogP contribution in [0.3, 0.4) is 0 Å². The number of carbonyl (C=O) groups excluding carboxylic acids is 1. The van der Waals surface area contributed by atoms with Crippen molar-refractivity contribution in [2.45, 2.75) is 6.54 Å². The van der Waals surface area contributed by atoms with E-state index in [-0.39, 0.29) is 24.9 Å². The normalized spacial score (nSPS) is 24.9. The number of halogens is 1. The van der Waals surface area contributed by atoms with Crippen LogP contribution in [0.2, 0.25) is 0 Å². The number of nitrogens with one attached hydrogen (secondary N) is 1. The van der Waals surface area contributed by atoms with Gasteiger partial charge in [-0.25, -0.2) is 4.68 Å². The van der Waals surface area contributed by atoms with Gasteiger partial charge in [-0.2, -0.15) is 5.10 Å². The minimum absolute atomic E-state index is 0. The summed E-state index contributed by atoms with van der Waals surface area (Å²) in [6.07, 6.45) is 3.57. The first kappa shape index (κ1) is 17.4. The van der Waals surface area contributed by atoms with Gasteiger partial charge in [-0.1, -0.05) is 12.1 Å². The molecule has 8 heteroatoms. The standard InChI is InChI=1S/C17H18N4O3.ClH/c22-15-14-8-18-10-17(14,16(23)24)11-20(15)9-12-3-1-4-13(7-12)21-6-2-5-19-21;/h1-7,14,18H,8-11H2,(H,23,24);1H/t14-,17-;/m0./s1. The van der Waals surface area contributed by atoms with Crippen LogP contribution in [0.15, 0.2) is 42.7 Å². The number of amides is 1.